The summed E-state index contributed by atoms with van der Waals surface area (Å²) in [6, 6.07) is 16.0. The molecule has 1 N–H and O–H groups in total. The number of nitrogens with zero attached hydrogens (tertiary/aromatic N) is 5. The van der Waals surface area contributed by atoms with Gasteiger partial charge in [-0.05, 0) is 36.6 Å². The van der Waals surface area contributed by atoms with Crippen LogP contribution >= 0.6 is 0 Å². The molecule has 2 aromatic heterocycles. The highest BCUT2D eigenvalue weighted by Gasteiger charge is 2.23. The third kappa shape index (κ3) is 4.26. The lowest BCUT2D eigenvalue weighted by Crippen LogP contribution is -2.49. The topological polar surface area (TPSA) is 86.6 Å². The first kappa shape index (κ1) is 21.3. The Kier molecular flexibility index (Phi) is 5.92. The second-order valence-corrected chi connectivity index (χ2v) is 8.58. The first-order chi connectivity index (χ1) is 16.1. The molecule has 5 rings (SSSR count). The molecule has 0 aliphatic carbocycles. The van der Waals surface area contributed by atoms with Crippen molar-refractivity contribution in [2.24, 2.45) is 0 Å². The molecule has 170 valence electrons. The molecule has 0 saturated carbocycles. The van der Waals surface area contributed by atoms with Gasteiger partial charge in [-0.2, -0.15) is 0 Å². The summed E-state index contributed by atoms with van der Waals surface area (Å²) in [6.07, 6.45) is 2.66. The zero-order valence-corrected chi connectivity index (χ0v) is 18.8. The lowest BCUT2D eigenvalue weighted by atomic mass is 10.1. The van der Waals surface area contributed by atoms with Gasteiger partial charge in [0.25, 0.3) is 11.5 Å². The summed E-state index contributed by atoms with van der Waals surface area (Å²) in [5.74, 6) is 0.757. The molecular formula is C25H28N6O2. The lowest BCUT2D eigenvalue weighted by Gasteiger charge is -2.34. The van der Waals surface area contributed by atoms with Crippen molar-refractivity contribution in [3.8, 4) is 0 Å². The zero-order chi connectivity index (χ0) is 22.8. The molecule has 8 heteroatoms. The van der Waals surface area contributed by atoms with Crippen LogP contribution in [-0.2, 0) is 12.8 Å². The highest BCUT2D eigenvalue weighted by Crippen LogP contribution is 2.18. The Balaban J connectivity index is 1.30. The van der Waals surface area contributed by atoms with Gasteiger partial charge in [-0.1, -0.05) is 37.3 Å². The van der Waals surface area contributed by atoms with Crippen LogP contribution in [0.4, 0.5) is 0 Å². The maximum absolute atomic E-state index is 13.2. The number of carbonyl (C=O) groups is 1. The second kappa shape index (κ2) is 9.15. The number of piperazine rings is 1. The fourth-order valence-electron chi connectivity index (χ4n) is 4.53. The van der Waals surface area contributed by atoms with Gasteiger partial charge in [-0.3, -0.25) is 18.9 Å². The van der Waals surface area contributed by atoms with E-state index in [4.69, 9.17) is 0 Å². The Hall–Kier alpha value is -3.52. The number of fused-ring (bicyclic) bond motifs is 3. The van der Waals surface area contributed by atoms with Crippen LogP contribution in [0.25, 0.3) is 16.7 Å². The molecule has 3 heterocycles. The number of benzene rings is 2. The summed E-state index contributed by atoms with van der Waals surface area (Å²) < 4.78 is 1.80. The van der Waals surface area contributed by atoms with E-state index in [9.17, 15) is 9.59 Å². The zero-order valence-electron chi connectivity index (χ0n) is 18.8. The second-order valence-electron chi connectivity index (χ2n) is 8.58. The molecule has 33 heavy (non-hydrogen) atoms. The minimum atomic E-state index is -0.297. The Morgan fingerprint density at radius 3 is 2.55 bits per heavy atom. The summed E-state index contributed by atoms with van der Waals surface area (Å²) in [4.78, 5) is 32.9. The van der Waals surface area contributed by atoms with Crippen LogP contribution in [0.2, 0.25) is 0 Å². The first-order valence-corrected chi connectivity index (χ1v) is 11.6. The van der Waals surface area contributed by atoms with E-state index in [0.29, 0.717) is 24.2 Å². The SMILES string of the molecule is CCCc1nnc2c(=O)[nH]c3cc(C(=O)N4CCN(CCc5ccccc5)CC4)ccc3n12. The van der Waals surface area contributed by atoms with Crippen LogP contribution in [0.1, 0.15) is 35.1 Å². The van der Waals surface area contributed by atoms with Crippen molar-refractivity contribution >= 4 is 22.6 Å². The smallest absolute Gasteiger partial charge is 0.294 e. The predicted octanol–water partition coefficient (Wildman–Crippen LogP) is 2.52. The minimum Gasteiger partial charge on any atom is -0.336 e. The summed E-state index contributed by atoms with van der Waals surface area (Å²) >= 11 is 0. The van der Waals surface area contributed by atoms with Gasteiger partial charge in [-0.15, -0.1) is 10.2 Å². The monoisotopic (exact) mass is 444 g/mol. The number of aromatic nitrogens is 4. The quantitative estimate of drug-likeness (QED) is 0.494. The molecule has 8 nitrogen and oxygen atoms in total. The van der Waals surface area contributed by atoms with Gasteiger partial charge in [0, 0.05) is 44.7 Å². The van der Waals surface area contributed by atoms with Gasteiger partial charge in [0.1, 0.15) is 5.82 Å². The molecule has 1 amide bonds. The molecule has 1 saturated heterocycles. The predicted molar refractivity (Wildman–Crippen MR) is 128 cm³/mol. The third-order valence-electron chi connectivity index (χ3n) is 6.36. The van der Waals surface area contributed by atoms with Crippen molar-refractivity contribution in [2.45, 2.75) is 26.2 Å². The Morgan fingerprint density at radius 1 is 1.00 bits per heavy atom. The fourth-order valence-corrected chi connectivity index (χ4v) is 4.53. The number of aromatic amines is 1. The van der Waals surface area contributed by atoms with Crippen molar-refractivity contribution in [1.29, 1.82) is 0 Å². The number of hydrogen-bond acceptors (Lipinski definition) is 5. The molecule has 0 atom stereocenters. The van der Waals surface area contributed by atoms with Crippen LogP contribution in [0.3, 0.4) is 0 Å². The number of aryl methyl sites for hydroxylation is 1. The normalized spacial score (nSPS) is 14.9. The molecule has 0 bridgehead atoms. The average Bonchev–Trinajstić information content (AvgIpc) is 3.28. The first-order valence-electron chi connectivity index (χ1n) is 11.6. The van der Waals surface area contributed by atoms with E-state index in [1.54, 1.807) is 10.5 Å². The molecule has 2 aromatic carbocycles. The summed E-state index contributed by atoms with van der Waals surface area (Å²) in [5.41, 5.74) is 3.34. The van der Waals surface area contributed by atoms with Crippen molar-refractivity contribution in [2.75, 3.05) is 32.7 Å². The fraction of sp³-hybridized carbons (Fsp3) is 0.360. The summed E-state index contributed by atoms with van der Waals surface area (Å²) in [5, 5.41) is 8.23. The molecule has 0 spiro atoms. The van der Waals surface area contributed by atoms with Gasteiger partial charge >= 0.3 is 0 Å². The highest BCUT2D eigenvalue weighted by molar-refractivity contribution is 5.97. The summed E-state index contributed by atoms with van der Waals surface area (Å²) in [6.45, 7) is 6.20. The maximum atomic E-state index is 13.2. The molecule has 0 radical (unpaired) electrons. The van der Waals surface area contributed by atoms with Gasteiger partial charge in [0.15, 0.2) is 0 Å². The largest absolute Gasteiger partial charge is 0.336 e. The Bertz CT molecular complexity index is 1340. The summed E-state index contributed by atoms with van der Waals surface area (Å²) in [7, 11) is 0. The molecule has 4 aromatic rings. The van der Waals surface area contributed by atoms with Crippen LogP contribution in [-0.4, -0.2) is 68.0 Å². The molecular weight excluding hydrogens is 416 g/mol. The maximum Gasteiger partial charge on any atom is 0.294 e. The van der Waals surface area contributed by atoms with E-state index in [1.807, 2.05) is 23.1 Å². The number of H-pyrrole nitrogens is 1. The number of amides is 1. The van der Waals surface area contributed by atoms with Crippen LogP contribution in [0, 0.1) is 0 Å². The number of nitrogens with one attached hydrogen (secondary N) is 1. The Labute approximate surface area is 191 Å². The average molecular weight is 445 g/mol. The van der Waals surface area contributed by atoms with Gasteiger partial charge in [0.05, 0.1) is 11.0 Å². The number of rotatable bonds is 6. The van der Waals surface area contributed by atoms with Gasteiger partial charge in [-0.25, -0.2) is 0 Å². The van der Waals surface area contributed by atoms with Crippen molar-refractivity contribution in [3.63, 3.8) is 0 Å². The van der Waals surface area contributed by atoms with Gasteiger partial charge < -0.3 is 9.88 Å². The van der Waals surface area contributed by atoms with Crippen LogP contribution < -0.4 is 5.56 Å². The number of hydrogen-bond donors (Lipinski definition) is 1. The van der Waals surface area contributed by atoms with E-state index >= 15 is 0 Å². The third-order valence-corrected chi connectivity index (χ3v) is 6.36. The van der Waals surface area contributed by atoms with Crippen molar-refractivity contribution in [1.82, 2.24) is 29.4 Å². The van der Waals surface area contributed by atoms with E-state index in [0.717, 1.165) is 50.2 Å². The lowest BCUT2D eigenvalue weighted by molar-refractivity contribution is 0.0638. The molecule has 1 aliphatic heterocycles. The van der Waals surface area contributed by atoms with Crippen LogP contribution in [0.15, 0.2) is 53.3 Å². The highest BCUT2D eigenvalue weighted by atomic mass is 16.2. The van der Waals surface area contributed by atoms with Gasteiger partial charge in [0.2, 0.25) is 5.65 Å². The molecule has 1 aliphatic rings. The molecule has 0 unspecified atom stereocenters. The van der Waals surface area contributed by atoms with Crippen molar-refractivity contribution < 1.29 is 4.79 Å². The van der Waals surface area contributed by atoms with E-state index in [2.05, 4.69) is 51.3 Å². The van der Waals surface area contributed by atoms with Crippen molar-refractivity contribution in [3.05, 3.63) is 75.8 Å². The number of carbonyl (C=O) groups excluding carboxylic acids is 1. The Morgan fingerprint density at radius 2 is 1.79 bits per heavy atom. The molecule has 1 fully saturated rings. The van der Waals surface area contributed by atoms with Crippen LogP contribution in [0.5, 0.6) is 0 Å². The van der Waals surface area contributed by atoms with E-state index in [-0.39, 0.29) is 17.1 Å². The van der Waals surface area contributed by atoms with E-state index in [1.165, 1.54) is 5.56 Å². The van der Waals surface area contributed by atoms with E-state index < -0.39 is 0 Å². The standard InChI is InChI=1S/C25H28N6O2/c1-2-6-22-27-28-23-24(32)26-20-17-19(9-10-21(20)31(22)23)25(33)30-15-13-29(14-16-30)12-11-18-7-4-3-5-8-18/h3-5,7-10,17H,2,6,11-16H2,1H3,(H,26,32). The minimum absolute atomic E-state index is 0.00177.